The van der Waals surface area contributed by atoms with Crippen molar-refractivity contribution in [3.63, 3.8) is 0 Å². The number of ether oxygens (including phenoxy) is 1. The topological polar surface area (TPSA) is 78.9 Å². The molecule has 0 aliphatic carbocycles. The summed E-state index contributed by atoms with van der Waals surface area (Å²) in [5.41, 5.74) is 1.48. The minimum Gasteiger partial charge on any atom is -0.480 e. The minimum atomic E-state index is -1.04. The van der Waals surface area contributed by atoms with Crippen LogP contribution in [0.15, 0.2) is 36.9 Å². The van der Waals surface area contributed by atoms with Crippen molar-refractivity contribution in [1.29, 1.82) is 0 Å². The van der Waals surface area contributed by atoms with Gasteiger partial charge in [0.05, 0.1) is 13.2 Å². The Kier molecular flexibility index (Phi) is 6.17. The summed E-state index contributed by atoms with van der Waals surface area (Å²) in [6.07, 6.45) is 2.50. The zero-order chi connectivity index (χ0) is 16.7. The van der Waals surface area contributed by atoms with E-state index in [2.05, 4.69) is 16.8 Å². The molecule has 6 nitrogen and oxygen atoms in total. The van der Waals surface area contributed by atoms with E-state index in [4.69, 9.17) is 9.84 Å². The van der Waals surface area contributed by atoms with Gasteiger partial charge in [-0.1, -0.05) is 6.08 Å². The Bertz CT molecular complexity index is 550. The molecule has 1 heterocycles. The summed E-state index contributed by atoms with van der Waals surface area (Å²) in [6.45, 7) is 6.62. The number of benzene rings is 1. The van der Waals surface area contributed by atoms with Gasteiger partial charge in [0.15, 0.2) is 0 Å². The lowest BCUT2D eigenvalue weighted by molar-refractivity contribution is -0.139. The largest absolute Gasteiger partial charge is 0.480 e. The summed E-state index contributed by atoms with van der Waals surface area (Å²) >= 11 is 0. The van der Waals surface area contributed by atoms with E-state index in [1.807, 2.05) is 12.1 Å². The number of hydrogen-bond acceptors (Lipinski definition) is 4. The van der Waals surface area contributed by atoms with Crippen LogP contribution in [-0.4, -0.2) is 49.3 Å². The van der Waals surface area contributed by atoms with Crippen molar-refractivity contribution in [2.75, 3.05) is 31.2 Å². The third-order valence-electron chi connectivity index (χ3n) is 3.77. The highest BCUT2D eigenvalue weighted by Gasteiger charge is 2.20. The minimum absolute atomic E-state index is 0.330. The van der Waals surface area contributed by atoms with Gasteiger partial charge >= 0.3 is 5.97 Å². The quantitative estimate of drug-likeness (QED) is 0.748. The molecule has 1 aromatic rings. The molecule has 1 atom stereocenters. The number of aliphatic carboxylic acids is 1. The first-order chi connectivity index (χ1) is 11.1. The number of anilines is 1. The van der Waals surface area contributed by atoms with Crippen LogP contribution in [0.5, 0.6) is 0 Å². The van der Waals surface area contributed by atoms with Crippen LogP contribution in [0.3, 0.4) is 0 Å². The summed E-state index contributed by atoms with van der Waals surface area (Å²) in [7, 11) is 0. The Hall–Kier alpha value is -2.34. The molecule has 2 rings (SSSR count). The molecule has 0 bridgehead atoms. The molecular weight excluding hydrogens is 296 g/mol. The van der Waals surface area contributed by atoms with Gasteiger partial charge in [0.1, 0.15) is 6.04 Å². The smallest absolute Gasteiger partial charge is 0.326 e. The Labute approximate surface area is 135 Å². The average Bonchev–Trinajstić information content (AvgIpc) is 2.59. The highest BCUT2D eigenvalue weighted by molar-refractivity contribution is 5.96. The van der Waals surface area contributed by atoms with E-state index in [0.29, 0.717) is 31.6 Å². The van der Waals surface area contributed by atoms with Crippen molar-refractivity contribution < 1.29 is 19.4 Å². The van der Waals surface area contributed by atoms with E-state index >= 15 is 0 Å². The number of rotatable bonds is 7. The molecule has 1 saturated heterocycles. The zero-order valence-corrected chi connectivity index (χ0v) is 13.0. The fourth-order valence-electron chi connectivity index (χ4n) is 2.43. The maximum absolute atomic E-state index is 12.2. The molecular formula is C17H22N2O4. The molecule has 0 aromatic heterocycles. The number of carbonyl (C=O) groups is 2. The van der Waals surface area contributed by atoms with Crippen LogP contribution in [0, 0.1) is 0 Å². The zero-order valence-electron chi connectivity index (χ0n) is 13.0. The predicted molar refractivity (Wildman–Crippen MR) is 87.8 cm³/mol. The summed E-state index contributed by atoms with van der Waals surface area (Å²) in [6, 6.07) is 6.28. The monoisotopic (exact) mass is 318 g/mol. The van der Waals surface area contributed by atoms with E-state index in [9.17, 15) is 9.59 Å². The Morgan fingerprint density at radius 1 is 1.30 bits per heavy atom. The van der Waals surface area contributed by atoms with Gasteiger partial charge in [-0.15, -0.1) is 6.58 Å². The highest BCUT2D eigenvalue weighted by atomic mass is 16.5. The standard InChI is InChI=1S/C17H22N2O4/c1-2-3-4-15(17(21)22)18-16(20)13-5-7-14(8-6-13)19-9-11-23-12-10-19/h2,5-8,15H,1,3-4,9-12H2,(H,18,20)(H,21,22). The van der Waals surface area contributed by atoms with Crippen molar-refractivity contribution >= 4 is 17.6 Å². The van der Waals surface area contributed by atoms with Crippen LogP contribution >= 0.6 is 0 Å². The van der Waals surface area contributed by atoms with E-state index in [0.717, 1.165) is 18.8 Å². The summed E-state index contributed by atoms with van der Waals surface area (Å²) < 4.78 is 5.31. The van der Waals surface area contributed by atoms with Crippen molar-refractivity contribution in [2.24, 2.45) is 0 Å². The lowest BCUT2D eigenvalue weighted by Gasteiger charge is -2.28. The van der Waals surface area contributed by atoms with Gasteiger partial charge in [-0.3, -0.25) is 4.79 Å². The van der Waals surface area contributed by atoms with Crippen LogP contribution in [0.1, 0.15) is 23.2 Å². The second-order valence-electron chi connectivity index (χ2n) is 5.38. The van der Waals surface area contributed by atoms with Crippen LogP contribution in [0.4, 0.5) is 5.69 Å². The second kappa shape index (κ2) is 8.33. The molecule has 23 heavy (non-hydrogen) atoms. The molecule has 1 aliphatic heterocycles. The van der Waals surface area contributed by atoms with E-state index in [1.54, 1.807) is 18.2 Å². The third-order valence-corrected chi connectivity index (χ3v) is 3.77. The van der Waals surface area contributed by atoms with Crippen LogP contribution in [0.25, 0.3) is 0 Å². The Balaban J connectivity index is 1.98. The number of carboxylic acids is 1. The molecule has 0 spiro atoms. The van der Waals surface area contributed by atoms with Crippen LogP contribution in [-0.2, 0) is 9.53 Å². The van der Waals surface area contributed by atoms with Gasteiger partial charge in [0, 0.05) is 24.3 Å². The fourth-order valence-corrected chi connectivity index (χ4v) is 2.43. The van der Waals surface area contributed by atoms with Crippen LogP contribution < -0.4 is 10.2 Å². The predicted octanol–water partition coefficient (Wildman–Crippen LogP) is 1.67. The molecule has 1 amide bonds. The van der Waals surface area contributed by atoms with Gasteiger partial charge in [-0.2, -0.15) is 0 Å². The van der Waals surface area contributed by atoms with E-state index < -0.39 is 12.0 Å². The highest BCUT2D eigenvalue weighted by Crippen LogP contribution is 2.16. The maximum Gasteiger partial charge on any atom is 0.326 e. The number of morpholine rings is 1. The first-order valence-electron chi connectivity index (χ1n) is 7.69. The SMILES string of the molecule is C=CCCC(NC(=O)c1ccc(N2CCOCC2)cc1)C(=O)O. The maximum atomic E-state index is 12.2. The van der Waals surface area contributed by atoms with Gasteiger partial charge in [0.25, 0.3) is 5.91 Å². The summed E-state index contributed by atoms with van der Waals surface area (Å²) in [5.74, 6) is -1.42. The summed E-state index contributed by atoms with van der Waals surface area (Å²) in [4.78, 5) is 25.5. The number of amides is 1. The van der Waals surface area contributed by atoms with E-state index in [1.165, 1.54) is 0 Å². The lowest BCUT2D eigenvalue weighted by Crippen LogP contribution is -2.40. The Morgan fingerprint density at radius 3 is 2.52 bits per heavy atom. The molecule has 2 N–H and O–H groups in total. The van der Waals surface area contributed by atoms with Crippen molar-refractivity contribution in [3.8, 4) is 0 Å². The Morgan fingerprint density at radius 2 is 1.96 bits per heavy atom. The number of nitrogens with one attached hydrogen (secondary N) is 1. The van der Waals surface area contributed by atoms with Crippen molar-refractivity contribution in [1.82, 2.24) is 5.32 Å². The molecule has 1 aromatic carbocycles. The number of carbonyl (C=O) groups excluding carboxylic acids is 1. The molecule has 0 radical (unpaired) electrons. The summed E-state index contributed by atoms with van der Waals surface area (Å²) in [5, 5.41) is 11.7. The lowest BCUT2D eigenvalue weighted by atomic mass is 10.1. The van der Waals surface area contributed by atoms with Crippen LogP contribution in [0.2, 0.25) is 0 Å². The normalized spacial score (nSPS) is 15.7. The number of hydrogen-bond donors (Lipinski definition) is 2. The number of carboxylic acid groups (broad SMARTS) is 1. The molecule has 6 heteroatoms. The first kappa shape index (κ1) is 17.0. The number of nitrogens with zero attached hydrogens (tertiary/aromatic N) is 1. The third kappa shape index (κ3) is 4.82. The van der Waals surface area contributed by atoms with Crippen molar-refractivity contribution in [3.05, 3.63) is 42.5 Å². The average molecular weight is 318 g/mol. The van der Waals surface area contributed by atoms with Gasteiger partial charge in [-0.25, -0.2) is 4.79 Å². The second-order valence-corrected chi connectivity index (χ2v) is 5.38. The molecule has 1 unspecified atom stereocenters. The van der Waals surface area contributed by atoms with Gasteiger partial charge in [-0.05, 0) is 37.1 Å². The van der Waals surface area contributed by atoms with E-state index in [-0.39, 0.29) is 5.91 Å². The fraction of sp³-hybridized carbons (Fsp3) is 0.412. The number of allylic oxidation sites excluding steroid dienone is 1. The van der Waals surface area contributed by atoms with Gasteiger partial charge < -0.3 is 20.1 Å². The molecule has 1 aliphatic rings. The molecule has 1 fully saturated rings. The molecule has 124 valence electrons. The van der Waals surface area contributed by atoms with Crippen molar-refractivity contribution in [2.45, 2.75) is 18.9 Å². The van der Waals surface area contributed by atoms with Gasteiger partial charge in [0.2, 0.25) is 0 Å². The molecule has 0 saturated carbocycles. The first-order valence-corrected chi connectivity index (χ1v) is 7.69.